The standard InChI is InChI=1S/C22H32N4O2S/c1-4-26(21-9-6-5-7-10-21)16-8-15-24-22(23-2)25-17-19-11-13-20(14-12-19)18-29(3,27)28/h5-7,9-14H,4,8,15-18H2,1-3H3,(H2,23,24,25). The first-order chi connectivity index (χ1) is 13.9. The van der Waals surface area contributed by atoms with Gasteiger partial charge in [-0.25, -0.2) is 8.42 Å². The first-order valence-electron chi connectivity index (χ1n) is 9.91. The summed E-state index contributed by atoms with van der Waals surface area (Å²) in [6.45, 7) is 5.58. The van der Waals surface area contributed by atoms with Gasteiger partial charge in [0.2, 0.25) is 0 Å². The third kappa shape index (κ3) is 8.56. The number of sulfone groups is 1. The third-order valence-electron chi connectivity index (χ3n) is 4.54. The maximum absolute atomic E-state index is 11.4. The fraction of sp³-hybridized carbons (Fsp3) is 0.409. The van der Waals surface area contributed by atoms with Crippen LogP contribution >= 0.6 is 0 Å². The first-order valence-corrected chi connectivity index (χ1v) is 12.0. The molecule has 0 fully saturated rings. The third-order valence-corrected chi connectivity index (χ3v) is 5.39. The van der Waals surface area contributed by atoms with Crippen LogP contribution in [0.5, 0.6) is 0 Å². The zero-order valence-electron chi connectivity index (χ0n) is 17.6. The monoisotopic (exact) mass is 416 g/mol. The molecule has 7 heteroatoms. The molecule has 0 radical (unpaired) electrons. The largest absolute Gasteiger partial charge is 0.372 e. The van der Waals surface area contributed by atoms with E-state index >= 15 is 0 Å². The zero-order valence-corrected chi connectivity index (χ0v) is 18.4. The Morgan fingerprint density at radius 1 is 1.00 bits per heavy atom. The molecule has 0 heterocycles. The summed E-state index contributed by atoms with van der Waals surface area (Å²) in [7, 11) is -1.25. The summed E-state index contributed by atoms with van der Waals surface area (Å²) >= 11 is 0. The van der Waals surface area contributed by atoms with Crippen molar-refractivity contribution in [3.63, 3.8) is 0 Å². The van der Waals surface area contributed by atoms with Crippen molar-refractivity contribution >= 4 is 21.5 Å². The number of anilines is 1. The van der Waals surface area contributed by atoms with Crippen molar-refractivity contribution in [1.29, 1.82) is 0 Å². The Morgan fingerprint density at radius 3 is 2.24 bits per heavy atom. The molecule has 0 atom stereocenters. The van der Waals surface area contributed by atoms with E-state index < -0.39 is 9.84 Å². The molecule has 2 aromatic rings. The van der Waals surface area contributed by atoms with Gasteiger partial charge < -0.3 is 15.5 Å². The second-order valence-electron chi connectivity index (χ2n) is 7.01. The van der Waals surface area contributed by atoms with E-state index in [4.69, 9.17) is 0 Å². The summed E-state index contributed by atoms with van der Waals surface area (Å²) in [4.78, 5) is 6.62. The summed E-state index contributed by atoms with van der Waals surface area (Å²) in [5, 5.41) is 6.64. The lowest BCUT2D eigenvalue weighted by atomic mass is 10.1. The van der Waals surface area contributed by atoms with E-state index in [9.17, 15) is 8.42 Å². The van der Waals surface area contributed by atoms with E-state index in [0.717, 1.165) is 43.1 Å². The highest BCUT2D eigenvalue weighted by Gasteiger charge is 2.05. The molecule has 0 aliphatic heterocycles. The first kappa shape index (κ1) is 22.7. The molecule has 0 aliphatic carbocycles. The number of guanidine groups is 1. The van der Waals surface area contributed by atoms with Crippen LogP contribution in [-0.4, -0.2) is 47.3 Å². The molecule has 0 saturated heterocycles. The van der Waals surface area contributed by atoms with Crippen LogP contribution in [-0.2, 0) is 22.1 Å². The number of nitrogens with zero attached hydrogens (tertiary/aromatic N) is 2. The molecule has 0 aliphatic rings. The van der Waals surface area contributed by atoms with Crippen LogP contribution in [0.1, 0.15) is 24.5 Å². The summed E-state index contributed by atoms with van der Waals surface area (Å²) in [5.74, 6) is 0.829. The van der Waals surface area contributed by atoms with Gasteiger partial charge in [0.15, 0.2) is 15.8 Å². The SMILES string of the molecule is CCN(CCCNC(=NC)NCc1ccc(CS(C)(=O)=O)cc1)c1ccccc1. The van der Waals surface area contributed by atoms with Gasteiger partial charge in [0.05, 0.1) is 5.75 Å². The maximum atomic E-state index is 11.4. The lowest BCUT2D eigenvalue weighted by Gasteiger charge is -2.23. The highest BCUT2D eigenvalue weighted by atomic mass is 32.2. The van der Waals surface area contributed by atoms with Crippen molar-refractivity contribution < 1.29 is 8.42 Å². The quantitative estimate of drug-likeness (QED) is 0.354. The molecule has 29 heavy (non-hydrogen) atoms. The topological polar surface area (TPSA) is 73.8 Å². The smallest absolute Gasteiger partial charge is 0.191 e. The van der Waals surface area contributed by atoms with Crippen LogP contribution in [0.25, 0.3) is 0 Å². The number of hydrogen-bond donors (Lipinski definition) is 2. The Bertz CT molecular complexity index is 865. The number of para-hydroxylation sites is 1. The molecule has 0 unspecified atom stereocenters. The van der Waals surface area contributed by atoms with Crippen molar-refractivity contribution in [3.05, 3.63) is 65.7 Å². The Hall–Kier alpha value is -2.54. The molecule has 0 aromatic heterocycles. The van der Waals surface area contributed by atoms with Gasteiger partial charge in [0.25, 0.3) is 0 Å². The minimum Gasteiger partial charge on any atom is -0.372 e. The van der Waals surface area contributed by atoms with Crippen LogP contribution in [0.4, 0.5) is 5.69 Å². The summed E-state index contributed by atoms with van der Waals surface area (Å²) < 4.78 is 22.7. The number of rotatable bonds is 10. The molecule has 0 amide bonds. The van der Waals surface area contributed by atoms with Gasteiger partial charge in [-0.1, -0.05) is 42.5 Å². The van der Waals surface area contributed by atoms with Crippen molar-refractivity contribution in [2.75, 3.05) is 37.8 Å². The maximum Gasteiger partial charge on any atom is 0.191 e. The van der Waals surface area contributed by atoms with Crippen molar-refractivity contribution in [2.24, 2.45) is 4.99 Å². The predicted molar refractivity (Wildman–Crippen MR) is 122 cm³/mol. The van der Waals surface area contributed by atoms with Gasteiger partial charge in [-0.3, -0.25) is 4.99 Å². The van der Waals surface area contributed by atoms with Gasteiger partial charge in [-0.15, -0.1) is 0 Å². The average Bonchev–Trinajstić information content (AvgIpc) is 2.71. The van der Waals surface area contributed by atoms with Gasteiger partial charge >= 0.3 is 0 Å². The summed E-state index contributed by atoms with van der Waals surface area (Å²) in [6, 6.07) is 18.0. The molecular formula is C22H32N4O2S. The normalized spacial score (nSPS) is 11.9. The molecular weight excluding hydrogens is 384 g/mol. The summed E-state index contributed by atoms with van der Waals surface area (Å²) in [5.41, 5.74) is 3.13. The Labute approximate surface area is 175 Å². The molecule has 2 N–H and O–H groups in total. The second-order valence-corrected chi connectivity index (χ2v) is 9.15. The average molecular weight is 417 g/mol. The minimum atomic E-state index is -3.01. The van der Waals surface area contributed by atoms with Crippen LogP contribution in [0.3, 0.4) is 0 Å². The molecule has 0 spiro atoms. The van der Waals surface area contributed by atoms with Crippen molar-refractivity contribution in [2.45, 2.75) is 25.6 Å². The lowest BCUT2D eigenvalue weighted by molar-refractivity contribution is 0.601. The number of nitrogens with one attached hydrogen (secondary N) is 2. The van der Waals surface area contributed by atoms with Crippen molar-refractivity contribution in [1.82, 2.24) is 10.6 Å². The zero-order chi connectivity index (χ0) is 21.1. The highest BCUT2D eigenvalue weighted by molar-refractivity contribution is 7.89. The Balaban J connectivity index is 1.74. The molecule has 158 valence electrons. The Morgan fingerprint density at radius 2 is 1.66 bits per heavy atom. The van der Waals surface area contributed by atoms with Crippen LogP contribution < -0.4 is 15.5 Å². The van der Waals surface area contributed by atoms with E-state index in [1.165, 1.54) is 11.9 Å². The fourth-order valence-electron chi connectivity index (χ4n) is 3.05. The molecule has 6 nitrogen and oxygen atoms in total. The number of hydrogen-bond acceptors (Lipinski definition) is 4. The minimum absolute atomic E-state index is 0.0711. The lowest BCUT2D eigenvalue weighted by Crippen LogP contribution is -2.38. The molecule has 0 saturated carbocycles. The molecule has 2 rings (SSSR count). The predicted octanol–water partition coefficient (Wildman–Crippen LogP) is 2.81. The van der Waals surface area contributed by atoms with E-state index in [0.29, 0.717) is 6.54 Å². The van der Waals surface area contributed by atoms with E-state index in [1.807, 2.05) is 30.3 Å². The second kappa shape index (κ2) is 11.5. The summed E-state index contributed by atoms with van der Waals surface area (Å²) in [6.07, 6.45) is 2.25. The van der Waals surface area contributed by atoms with Crippen LogP contribution in [0.2, 0.25) is 0 Å². The van der Waals surface area contributed by atoms with Gasteiger partial charge in [0, 0.05) is 45.2 Å². The van der Waals surface area contributed by atoms with Crippen LogP contribution in [0.15, 0.2) is 59.6 Å². The molecule has 0 bridgehead atoms. The van der Waals surface area contributed by atoms with Crippen LogP contribution in [0, 0.1) is 0 Å². The molecule has 2 aromatic carbocycles. The van der Waals surface area contributed by atoms with E-state index in [-0.39, 0.29) is 5.75 Å². The fourth-order valence-corrected chi connectivity index (χ4v) is 3.85. The van der Waals surface area contributed by atoms with Gasteiger partial charge in [-0.05, 0) is 36.6 Å². The van der Waals surface area contributed by atoms with E-state index in [1.54, 1.807) is 7.05 Å². The van der Waals surface area contributed by atoms with Crippen molar-refractivity contribution in [3.8, 4) is 0 Å². The highest BCUT2D eigenvalue weighted by Crippen LogP contribution is 2.12. The van der Waals surface area contributed by atoms with Gasteiger partial charge in [-0.2, -0.15) is 0 Å². The number of aliphatic imine (C=N–C) groups is 1. The van der Waals surface area contributed by atoms with Gasteiger partial charge in [0.1, 0.15) is 0 Å². The van der Waals surface area contributed by atoms with E-state index in [2.05, 4.69) is 51.7 Å². The Kier molecular flexibility index (Phi) is 8.99. The number of benzene rings is 2.